The molecule has 0 spiro atoms. The first-order valence-electron chi connectivity index (χ1n) is 6.15. The van der Waals surface area contributed by atoms with E-state index in [0.29, 0.717) is 10.8 Å². The van der Waals surface area contributed by atoms with Crippen LogP contribution in [0.5, 0.6) is 0 Å². The average molecular weight is 313 g/mol. The molecule has 0 aliphatic rings. The number of halogens is 2. The fourth-order valence-electron chi connectivity index (χ4n) is 1.68. The summed E-state index contributed by atoms with van der Waals surface area (Å²) < 4.78 is 18.5. The van der Waals surface area contributed by atoms with E-state index in [0.717, 1.165) is 6.07 Å². The highest BCUT2D eigenvalue weighted by atomic mass is 35.5. The summed E-state index contributed by atoms with van der Waals surface area (Å²) in [6.45, 7) is 1.39. The quantitative estimate of drug-likeness (QED) is 0.812. The molecule has 1 aromatic carbocycles. The lowest BCUT2D eigenvalue weighted by atomic mass is 10.0. The van der Waals surface area contributed by atoms with Crippen LogP contribution in [0.1, 0.15) is 12.7 Å². The number of hydrogen-bond donors (Lipinski definition) is 3. The number of anilines is 1. The predicted molar refractivity (Wildman–Crippen MR) is 76.7 cm³/mol. The van der Waals surface area contributed by atoms with Crippen LogP contribution < -0.4 is 10.6 Å². The third-order valence-electron chi connectivity index (χ3n) is 2.82. The normalized spacial score (nSPS) is 13.5. The number of nitrogens with one attached hydrogen (secondary N) is 2. The summed E-state index contributed by atoms with van der Waals surface area (Å²) in [6, 6.07) is 6.38. The van der Waals surface area contributed by atoms with E-state index in [9.17, 15) is 14.3 Å². The van der Waals surface area contributed by atoms with Gasteiger partial charge in [0.1, 0.15) is 17.2 Å². The number of hydrogen-bond acceptors (Lipinski definition) is 3. The third kappa shape index (κ3) is 3.96. The Hall–Kier alpha value is -2.05. The van der Waals surface area contributed by atoms with Crippen LogP contribution in [0.15, 0.2) is 41.0 Å². The molecule has 2 aromatic rings. The Bertz CT molecular complexity index is 629. The van der Waals surface area contributed by atoms with Crippen molar-refractivity contribution in [1.82, 2.24) is 5.32 Å². The van der Waals surface area contributed by atoms with E-state index in [1.165, 1.54) is 25.3 Å². The van der Waals surface area contributed by atoms with Crippen molar-refractivity contribution in [1.29, 1.82) is 0 Å². The van der Waals surface area contributed by atoms with Crippen LogP contribution in [0.3, 0.4) is 0 Å². The summed E-state index contributed by atoms with van der Waals surface area (Å²) in [4.78, 5) is 11.7. The van der Waals surface area contributed by atoms with Gasteiger partial charge in [-0.05, 0) is 37.3 Å². The molecule has 0 fully saturated rings. The highest BCUT2D eigenvalue weighted by molar-refractivity contribution is 6.30. The second-order valence-corrected chi connectivity index (χ2v) is 5.12. The van der Waals surface area contributed by atoms with E-state index >= 15 is 0 Å². The zero-order chi connectivity index (χ0) is 15.5. The van der Waals surface area contributed by atoms with E-state index in [-0.39, 0.29) is 12.2 Å². The Balaban J connectivity index is 1.95. The maximum Gasteiger partial charge on any atom is 0.319 e. The van der Waals surface area contributed by atoms with Gasteiger partial charge in [-0.2, -0.15) is 0 Å². The second-order valence-electron chi connectivity index (χ2n) is 4.68. The molecule has 2 amide bonds. The molecular formula is C14H14ClFN2O3. The number of rotatable bonds is 4. The van der Waals surface area contributed by atoms with Crippen LogP contribution in [0.4, 0.5) is 14.9 Å². The van der Waals surface area contributed by atoms with Crippen LogP contribution in [0.2, 0.25) is 5.02 Å². The minimum absolute atomic E-state index is 0.0439. The van der Waals surface area contributed by atoms with E-state index in [1.807, 2.05) is 0 Å². The van der Waals surface area contributed by atoms with Gasteiger partial charge in [-0.3, -0.25) is 0 Å². The molecule has 1 heterocycles. The van der Waals surface area contributed by atoms with Gasteiger partial charge in [-0.1, -0.05) is 11.6 Å². The van der Waals surface area contributed by atoms with Gasteiger partial charge in [0.15, 0.2) is 0 Å². The maximum absolute atomic E-state index is 13.5. The molecule has 2 rings (SSSR count). The van der Waals surface area contributed by atoms with E-state index in [2.05, 4.69) is 10.6 Å². The number of amides is 2. The Morgan fingerprint density at radius 2 is 2.24 bits per heavy atom. The van der Waals surface area contributed by atoms with E-state index in [4.69, 9.17) is 16.0 Å². The Kier molecular flexibility index (Phi) is 4.50. The fraction of sp³-hybridized carbons (Fsp3) is 0.214. The first-order chi connectivity index (χ1) is 9.88. The summed E-state index contributed by atoms with van der Waals surface area (Å²) in [5.41, 5.74) is -1.41. The van der Waals surface area contributed by atoms with Crippen molar-refractivity contribution in [3.05, 3.63) is 53.2 Å². The van der Waals surface area contributed by atoms with Gasteiger partial charge in [-0.25, -0.2) is 9.18 Å². The first kappa shape index (κ1) is 15.3. The van der Waals surface area contributed by atoms with Crippen molar-refractivity contribution in [2.24, 2.45) is 0 Å². The molecule has 0 radical (unpaired) electrons. The summed E-state index contributed by atoms with van der Waals surface area (Å²) >= 11 is 5.73. The van der Waals surface area contributed by atoms with Crippen molar-refractivity contribution < 1.29 is 18.7 Å². The molecule has 1 aromatic heterocycles. The Morgan fingerprint density at radius 1 is 1.48 bits per heavy atom. The monoisotopic (exact) mass is 312 g/mol. The summed E-state index contributed by atoms with van der Waals surface area (Å²) in [5.74, 6) is -0.288. The summed E-state index contributed by atoms with van der Waals surface area (Å²) in [5, 5.41) is 15.2. The largest absolute Gasteiger partial charge is 0.466 e. The highest BCUT2D eigenvalue weighted by Crippen LogP contribution is 2.21. The lowest BCUT2D eigenvalue weighted by Gasteiger charge is -2.21. The SMILES string of the molecule is C[C@@](O)(CNC(=O)Nc1cc(Cl)ccc1F)c1ccco1. The van der Waals surface area contributed by atoms with Gasteiger partial charge >= 0.3 is 6.03 Å². The maximum atomic E-state index is 13.5. The molecule has 5 nitrogen and oxygen atoms in total. The second kappa shape index (κ2) is 6.15. The molecule has 0 saturated carbocycles. The molecule has 0 aliphatic heterocycles. The van der Waals surface area contributed by atoms with E-state index in [1.54, 1.807) is 12.1 Å². The van der Waals surface area contributed by atoms with Crippen LogP contribution in [0, 0.1) is 5.82 Å². The molecule has 0 bridgehead atoms. The molecular weight excluding hydrogens is 299 g/mol. The molecule has 0 unspecified atom stereocenters. The minimum atomic E-state index is -1.37. The number of aliphatic hydroxyl groups is 1. The molecule has 112 valence electrons. The number of carbonyl (C=O) groups excluding carboxylic acids is 1. The number of urea groups is 1. The van der Waals surface area contributed by atoms with Gasteiger partial charge in [0.25, 0.3) is 0 Å². The molecule has 3 N–H and O–H groups in total. The number of benzene rings is 1. The predicted octanol–water partition coefficient (Wildman–Crippen LogP) is 3.10. The smallest absolute Gasteiger partial charge is 0.319 e. The molecule has 0 saturated heterocycles. The van der Waals surface area contributed by atoms with Crippen LogP contribution in [-0.4, -0.2) is 17.7 Å². The third-order valence-corrected chi connectivity index (χ3v) is 3.06. The minimum Gasteiger partial charge on any atom is -0.466 e. The van der Waals surface area contributed by atoms with E-state index < -0.39 is 17.4 Å². The lowest BCUT2D eigenvalue weighted by Crippen LogP contribution is -2.40. The Labute approximate surface area is 125 Å². The van der Waals surface area contributed by atoms with Crippen molar-refractivity contribution in [3.63, 3.8) is 0 Å². The molecule has 21 heavy (non-hydrogen) atoms. The zero-order valence-electron chi connectivity index (χ0n) is 11.2. The van der Waals surface area contributed by atoms with Gasteiger partial charge in [0.05, 0.1) is 18.5 Å². The molecule has 0 aliphatic carbocycles. The lowest BCUT2D eigenvalue weighted by molar-refractivity contribution is 0.0372. The van der Waals surface area contributed by atoms with Gasteiger partial charge in [0.2, 0.25) is 0 Å². The molecule has 7 heteroatoms. The first-order valence-corrected chi connectivity index (χ1v) is 6.52. The van der Waals surface area contributed by atoms with Crippen molar-refractivity contribution >= 4 is 23.3 Å². The van der Waals surface area contributed by atoms with Gasteiger partial charge < -0.3 is 20.2 Å². The highest BCUT2D eigenvalue weighted by Gasteiger charge is 2.26. The van der Waals surface area contributed by atoms with Gasteiger partial charge in [0, 0.05) is 5.02 Å². The van der Waals surface area contributed by atoms with Crippen molar-refractivity contribution in [3.8, 4) is 0 Å². The summed E-state index contributed by atoms with van der Waals surface area (Å²) in [6.07, 6.45) is 1.42. The number of furan rings is 1. The average Bonchev–Trinajstić information content (AvgIpc) is 2.96. The number of carbonyl (C=O) groups is 1. The zero-order valence-corrected chi connectivity index (χ0v) is 11.9. The Morgan fingerprint density at radius 3 is 2.90 bits per heavy atom. The van der Waals surface area contributed by atoms with Gasteiger partial charge in [-0.15, -0.1) is 0 Å². The topological polar surface area (TPSA) is 74.5 Å². The van der Waals surface area contributed by atoms with Crippen LogP contribution >= 0.6 is 11.6 Å². The van der Waals surface area contributed by atoms with Crippen LogP contribution in [-0.2, 0) is 5.60 Å². The fourth-order valence-corrected chi connectivity index (χ4v) is 1.86. The molecule has 1 atom stereocenters. The van der Waals surface area contributed by atoms with Crippen LogP contribution in [0.25, 0.3) is 0 Å². The standard InChI is InChI=1S/C14H14ClFN2O3/c1-14(20,12-3-2-6-21-12)8-17-13(19)18-11-7-9(15)4-5-10(11)16/h2-7,20H,8H2,1H3,(H2,17,18,19)/t14-/m1/s1. The van der Waals surface area contributed by atoms with Crippen molar-refractivity contribution in [2.45, 2.75) is 12.5 Å². The summed E-state index contributed by atoms with van der Waals surface area (Å²) in [7, 11) is 0. The van der Waals surface area contributed by atoms with Crippen molar-refractivity contribution in [2.75, 3.05) is 11.9 Å².